The van der Waals surface area contributed by atoms with Crippen LogP contribution >= 0.6 is 27.8 Å². The first-order chi connectivity index (χ1) is 8.57. The molecule has 3 heteroatoms. The van der Waals surface area contributed by atoms with Crippen molar-refractivity contribution in [1.82, 2.24) is 0 Å². The summed E-state index contributed by atoms with van der Waals surface area (Å²) in [4.78, 5) is 0. The van der Waals surface area contributed by atoms with Gasteiger partial charge in [-0.15, -0.1) is 0 Å². The maximum atomic E-state index is 6.97. The topological polar surface area (TPSA) is 0 Å². The molecule has 0 N–H and O–H groups in total. The molecule has 0 aliphatic heterocycles. The van der Waals surface area contributed by atoms with Gasteiger partial charge in [0.1, 0.15) is 0 Å². The Morgan fingerprint density at radius 3 is 1.56 bits per heavy atom. The SMILES string of the molecule is C=CCP(Cl)(Cl)(c1ccccc1)c1ccccc1. The van der Waals surface area contributed by atoms with Gasteiger partial charge in [0.15, 0.2) is 0 Å². The van der Waals surface area contributed by atoms with Crippen molar-refractivity contribution in [3.05, 3.63) is 73.3 Å². The molecule has 2 aromatic carbocycles. The second-order valence-corrected chi connectivity index (χ2v) is 12.7. The van der Waals surface area contributed by atoms with Crippen molar-refractivity contribution < 1.29 is 0 Å². The first-order valence-electron chi connectivity index (χ1n) is 5.74. The Bertz CT molecular complexity index is 491. The van der Waals surface area contributed by atoms with Crippen LogP contribution in [0.2, 0.25) is 0 Å². The van der Waals surface area contributed by atoms with Crippen molar-refractivity contribution >= 4 is 38.4 Å². The van der Waals surface area contributed by atoms with Gasteiger partial charge in [-0.3, -0.25) is 0 Å². The fourth-order valence-corrected chi connectivity index (χ4v) is 6.65. The summed E-state index contributed by atoms with van der Waals surface area (Å²) in [5, 5.41) is -1.19. The molecule has 0 aromatic heterocycles. The van der Waals surface area contributed by atoms with Crippen LogP contribution in [0, 0.1) is 0 Å². The van der Waals surface area contributed by atoms with E-state index in [0.29, 0.717) is 6.16 Å². The Hall–Kier alpha value is -0.810. The van der Waals surface area contributed by atoms with Crippen molar-refractivity contribution in [3.8, 4) is 0 Å². The molecule has 0 heterocycles. The number of allylic oxidation sites excluding steroid dienone is 1. The zero-order valence-corrected chi connectivity index (χ0v) is 12.4. The molecule has 0 radical (unpaired) electrons. The summed E-state index contributed by atoms with van der Waals surface area (Å²) in [6, 6.07) is 19.8. The molecule has 18 heavy (non-hydrogen) atoms. The first-order valence-corrected chi connectivity index (χ1v) is 9.97. The van der Waals surface area contributed by atoms with Gasteiger partial charge in [0, 0.05) is 0 Å². The van der Waals surface area contributed by atoms with E-state index in [1.807, 2.05) is 60.7 Å². The van der Waals surface area contributed by atoms with Crippen LogP contribution in [0.15, 0.2) is 73.3 Å². The Labute approximate surface area is 118 Å². The molecular formula is C15H15Cl2P. The van der Waals surface area contributed by atoms with E-state index in [0.717, 1.165) is 10.6 Å². The van der Waals surface area contributed by atoms with Gasteiger partial charge >= 0.3 is 118 Å². The normalized spacial score (nSPS) is 13.6. The average molecular weight is 297 g/mol. The molecule has 94 valence electrons. The van der Waals surface area contributed by atoms with Gasteiger partial charge < -0.3 is 0 Å². The van der Waals surface area contributed by atoms with E-state index < -0.39 is 5.31 Å². The van der Waals surface area contributed by atoms with E-state index in [2.05, 4.69) is 6.58 Å². The van der Waals surface area contributed by atoms with Gasteiger partial charge in [-0.1, -0.05) is 0 Å². The monoisotopic (exact) mass is 296 g/mol. The van der Waals surface area contributed by atoms with Crippen molar-refractivity contribution in [1.29, 1.82) is 0 Å². The Morgan fingerprint density at radius 1 is 0.833 bits per heavy atom. The summed E-state index contributed by atoms with van der Waals surface area (Å²) in [7, 11) is 0. The van der Waals surface area contributed by atoms with Crippen LogP contribution in [-0.2, 0) is 0 Å². The number of hydrogen-bond donors (Lipinski definition) is 0. The molecule has 0 saturated carbocycles. The standard InChI is InChI=1S/C15H15Cl2P/c1-2-13-18(16,17,14-9-5-3-6-10-14)15-11-7-4-8-12-15/h2-12H,1,13H2. The van der Waals surface area contributed by atoms with Gasteiger partial charge in [-0.25, -0.2) is 0 Å². The van der Waals surface area contributed by atoms with E-state index >= 15 is 0 Å². The van der Waals surface area contributed by atoms with Crippen LogP contribution in [0.5, 0.6) is 0 Å². The molecule has 2 aromatic rings. The van der Waals surface area contributed by atoms with Crippen LogP contribution in [0.1, 0.15) is 0 Å². The molecule has 0 fully saturated rings. The van der Waals surface area contributed by atoms with E-state index in [9.17, 15) is 0 Å². The molecule has 0 aliphatic rings. The van der Waals surface area contributed by atoms with Crippen LogP contribution in [0.25, 0.3) is 0 Å². The van der Waals surface area contributed by atoms with Crippen molar-refractivity contribution in [2.24, 2.45) is 0 Å². The summed E-state index contributed by atoms with van der Waals surface area (Å²) in [5.41, 5.74) is 0. The molecule has 0 amide bonds. The minimum atomic E-state index is -3.16. The molecular weight excluding hydrogens is 282 g/mol. The van der Waals surface area contributed by atoms with Gasteiger partial charge in [-0.05, 0) is 0 Å². The summed E-state index contributed by atoms with van der Waals surface area (Å²) in [6.45, 7) is 3.81. The van der Waals surface area contributed by atoms with Crippen LogP contribution in [0.4, 0.5) is 0 Å². The Balaban J connectivity index is 2.67. The fourth-order valence-electron chi connectivity index (χ4n) is 2.03. The molecule has 0 unspecified atom stereocenters. The van der Waals surface area contributed by atoms with Gasteiger partial charge in [0.05, 0.1) is 0 Å². The predicted octanol–water partition coefficient (Wildman–Crippen LogP) is 4.68. The molecule has 0 aliphatic carbocycles. The van der Waals surface area contributed by atoms with E-state index in [-0.39, 0.29) is 0 Å². The molecule has 0 spiro atoms. The van der Waals surface area contributed by atoms with Gasteiger partial charge in [0.2, 0.25) is 0 Å². The summed E-state index contributed by atoms with van der Waals surface area (Å²) in [6.07, 6.45) is 2.38. The minimum absolute atomic E-state index is 0.572. The van der Waals surface area contributed by atoms with Crippen molar-refractivity contribution in [2.45, 2.75) is 0 Å². The van der Waals surface area contributed by atoms with E-state index in [1.54, 1.807) is 6.08 Å². The Morgan fingerprint density at radius 2 is 1.22 bits per heavy atom. The third kappa shape index (κ3) is 2.34. The van der Waals surface area contributed by atoms with Crippen LogP contribution < -0.4 is 10.6 Å². The zero-order valence-electron chi connectivity index (χ0n) is 9.97. The fraction of sp³-hybridized carbons (Fsp3) is 0.0667. The van der Waals surface area contributed by atoms with E-state index in [1.165, 1.54) is 0 Å². The molecule has 2 rings (SSSR count). The summed E-state index contributed by atoms with van der Waals surface area (Å²) in [5.74, 6) is 0. The van der Waals surface area contributed by atoms with Crippen LogP contribution in [-0.4, -0.2) is 6.16 Å². The number of hydrogen-bond acceptors (Lipinski definition) is 0. The van der Waals surface area contributed by atoms with Gasteiger partial charge in [0.25, 0.3) is 0 Å². The average Bonchev–Trinajstić information content (AvgIpc) is 2.41. The number of rotatable bonds is 4. The third-order valence-electron chi connectivity index (χ3n) is 2.98. The number of benzene rings is 2. The van der Waals surface area contributed by atoms with Crippen LogP contribution in [0.3, 0.4) is 0 Å². The second-order valence-electron chi connectivity index (χ2n) is 4.21. The molecule has 0 nitrogen and oxygen atoms in total. The Kier molecular flexibility index (Phi) is 3.82. The second kappa shape index (κ2) is 5.05. The molecule has 0 atom stereocenters. The van der Waals surface area contributed by atoms with E-state index in [4.69, 9.17) is 22.5 Å². The molecule has 0 bridgehead atoms. The quantitative estimate of drug-likeness (QED) is 0.567. The molecule has 0 saturated heterocycles. The van der Waals surface area contributed by atoms with Crippen molar-refractivity contribution in [3.63, 3.8) is 0 Å². The van der Waals surface area contributed by atoms with Gasteiger partial charge in [-0.2, -0.15) is 0 Å². The zero-order chi connectivity index (χ0) is 13.1. The predicted molar refractivity (Wildman–Crippen MR) is 85.8 cm³/mol. The maximum absolute atomic E-state index is 6.97. The summed E-state index contributed by atoms with van der Waals surface area (Å²) < 4.78 is 0. The first kappa shape index (κ1) is 13.6. The number of halogens is 2. The van der Waals surface area contributed by atoms with Crippen molar-refractivity contribution in [2.75, 3.05) is 6.16 Å². The third-order valence-corrected chi connectivity index (χ3v) is 9.67. The summed E-state index contributed by atoms with van der Waals surface area (Å²) >= 11 is 13.9.